The lowest BCUT2D eigenvalue weighted by Gasteiger charge is -2.09. The van der Waals surface area contributed by atoms with Crippen LogP contribution in [0.3, 0.4) is 0 Å². The fraction of sp³-hybridized carbons (Fsp3) is 0.273. The van der Waals surface area contributed by atoms with Crippen LogP contribution in [0.25, 0.3) is 11.3 Å². The van der Waals surface area contributed by atoms with E-state index in [2.05, 4.69) is 65.2 Å². The topological polar surface area (TPSA) is 51.2 Å². The third-order valence-corrected chi connectivity index (χ3v) is 5.69. The molecule has 1 heterocycles. The predicted molar refractivity (Wildman–Crippen MR) is 119 cm³/mol. The number of rotatable bonds is 7. The van der Waals surface area contributed by atoms with E-state index < -0.39 is 0 Å². The van der Waals surface area contributed by atoms with Crippen LogP contribution in [0.2, 0.25) is 0 Å². The maximum absolute atomic E-state index is 12.2. The van der Waals surface area contributed by atoms with Crippen molar-refractivity contribution in [2.45, 2.75) is 33.6 Å². The van der Waals surface area contributed by atoms with Crippen LogP contribution >= 0.6 is 27.3 Å². The van der Waals surface area contributed by atoms with Crippen molar-refractivity contribution in [2.75, 3.05) is 11.9 Å². The molecule has 0 fully saturated rings. The van der Waals surface area contributed by atoms with E-state index in [-0.39, 0.29) is 12.5 Å². The van der Waals surface area contributed by atoms with E-state index in [1.807, 2.05) is 23.6 Å². The van der Waals surface area contributed by atoms with Crippen LogP contribution in [0.5, 0.6) is 5.75 Å². The van der Waals surface area contributed by atoms with Crippen molar-refractivity contribution < 1.29 is 9.53 Å². The van der Waals surface area contributed by atoms with Gasteiger partial charge in [-0.3, -0.25) is 10.1 Å². The number of ether oxygens (including phenoxy) is 1. The molecule has 28 heavy (non-hydrogen) atoms. The number of benzene rings is 2. The molecule has 0 radical (unpaired) electrons. The summed E-state index contributed by atoms with van der Waals surface area (Å²) in [7, 11) is 0. The maximum Gasteiger partial charge on any atom is 0.264 e. The van der Waals surface area contributed by atoms with E-state index in [1.54, 1.807) is 0 Å². The minimum atomic E-state index is -0.230. The summed E-state index contributed by atoms with van der Waals surface area (Å²) in [6.45, 7) is 6.20. The van der Waals surface area contributed by atoms with E-state index in [0.717, 1.165) is 34.1 Å². The first-order chi connectivity index (χ1) is 13.5. The van der Waals surface area contributed by atoms with Gasteiger partial charge in [0.05, 0.1) is 10.2 Å². The minimum absolute atomic E-state index is 0.0654. The number of carbonyl (C=O) groups is 1. The second-order valence-electron chi connectivity index (χ2n) is 6.71. The van der Waals surface area contributed by atoms with Gasteiger partial charge in [-0.2, -0.15) is 0 Å². The van der Waals surface area contributed by atoms with Crippen LogP contribution in [0.15, 0.2) is 46.3 Å². The SMILES string of the molecule is CCCc1ccc(OCC(=O)Nc2nc(-c3cc(C)ccc3C)cs2)c(Br)c1. The molecular formula is C22H23BrN2O2S. The van der Waals surface area contributed by atoms with Gasteiger partial charge in [0.25, 0.3) is 5.91 Å². The first-order valence-corrected chi connectivity index (χ1v) is 10.9. The lowest BCUT2D eigenvalue weighted by atomic mass is 10.0. The van der Waals surface area contributed by atoms with Gasteiger partial charge in [-0.15, -0.1) is 11.3 Å². The standard InChI is InChI=1S/C22H23BrN2O2S/c1-4-5-16-8-9-20(18(23)11-16)27-12-21(26)25-22-24-19(13-28-22)17-10-14(2)6-7-15(17)3/h6-11,13H,4-5,12H2,1-3H3,(H,24,25,26). The second-order valence-corrected chi connectivity index (χ2v) is 8.42. The number of halogens is 1. The first-order valence-electron chi connectivity index (χ1n) is 9.20. The summed E-state index contributed by atoms with van der Waals surface area (Å²) in [5.41, 5.74) is 5.55. The van der Waals surface area contributed by atoms with E-state index in [4.69, 9.17) is 4.74 Å². The smallest absolute Gasteiger partial charge is 0.264 e. The molecule has 3 aromatic rings. The number of nitrogens with zero attached hydrogens (tertiary/aromatic N) is 1. The Kier molecular flexibility index (Phi) is 6.86. The largest absolute Gasteiger partial charge is 0.483 e. The first kappa shape index (κ1) is 20.6. The van der Waals surface area contributed by atoms with Crippen LogP contribution in [0.1, 0.15) is 30.0 Å². The number of aromatic nitrogens is 1. The molecule has 0 atom stereocenters. The molecule has 146 valence electrons. The molecular weight excluding hydrogens is 436 g/mol. The van der Waals surface area contributed by atoms with Crippen molar-refractivity contribution in [1.29, 1.82) is 0 Å². The monoisotopic (exact) mass is 458 g/mol. The fourth-order valence-electron chi connectivity index (χ4n) is 2.87. The van der Waals surface area contributed by atoms with Crippen LogP contribution in [0.4, 0.5) is 5.13 Å². The summed E-state index contributed by atoms with van der Waals surface area (Å²) >= 11 is 4.92. The number of carbonyl (C=O) groups excluding carboxylic acids is 1. The summed E-state index contributed by atoms with van der Waals surface area (Å²) in [6.07, 6.45) is 2.11. The minimum Gasteiger partial charge on any atom is -0.483 e. The van der Waals surface area contributed by atoms with Gasteiger partial charge in [0.1, 0.15) is 5.75 Å². The average Bonchev–Trinajstić information content (AvgIpc) is 3.11. The number of aryl methyl sites for hydroxylation is 3. The summed E-state index contributed by atoms with van der Waals surface area (Å²) in [4.78, 5) is 16.8. The Balaban J connectivity index is 1.60. The molecule has 0 saturated heterocycles. The number of hydrogen-bond donors (Lipinski definition) is 1. The molecule has 0 saturated carbocycles. The third kappa shape index (κ3) is 5.20. The molecule has 0 unspecified atom stereocenters. The summed E-state index contributed by atoms with van der Waals surface area (Å²) in [5, 5.41) is 5.35. The molecule has 3 rings (SSSR count). The van der Waals surface area contributed by atoms with Crippen LogP contribution in [-0.2, 0) is 11.2 Å². The van der Waals surface area contributed by atoms with Gasteiger partial charge in [-0.1, -0.05) is 37.1 Å². The second kappa shape index (κ2) is 9.34. The van der Waals surface area contributed by atoms with E-state index >= 15 is 0 Å². The van der Waals surface area contributed by atoms with Gasteiger partial charge in [-0.25, -0.2) is 4.98 Å². The van der Waals surface area contributed by atoms with Gasteiger partial charge in [0.15, 0.2) is 11.7 Å². The van der Waals surface area contributed by atoms with Gasteiger partial charge in [0.2, 0.25) is 0 Å². The van der Waals surface area contributed by atoms with Crippen molar-refractivity contribution in [1.82, 2.24) is 4.98 Å². The van der Waals surface area contributed by atoms with Crippen molar-refractivity contribution in [3.05, 3.63) is 62.9 Å². The molecule has 0 bridgehead atoms. The molecule has 1 amide bonds. The zero-order chi connectivity index (χ0) is 20.1. The molecule has 6 heteroatoms. The normalized spacial score (nSPS) is 10.7. The quantitative estimate of drug-likeness (QED) is 0.461. The Bertz CT molecular complexity index is 984. The Labute approximate surface area is 178 Å². The average molecular weight is 459 g/mol. The zero-order valence-corrected chi connectivity index (χ0v) is 18.6. The number of thiazole rings is 1. The Morgan fingerprint density at radius 2 is 2.04 bits per heavy atom. The number of amides is 1. The van der Waals surface area contributed by atoms with Crippen LogP contribution < -0.4 is 10.1 Å². The highest BCUT2D eigenvalue weighted by Gasteiger charge is 2.11. The molecule has 0 aliphatic carbocycles. The van der Waals surface area contributed by atoms with Gasteiger partial charge in [-0.05, 0) is 65.5 Å². The Morgan fingerprint density at radius 1 is 1.21 bits per heavy atom. The number of anilines is 1. The molecule has 1 aromatic heterocycles. The fourth-order valence-corrected chi connectivity index (χ4v) is 4.14. The van der Waals surface area contributed by atoms with Gasteiger partial charge >= 0.3 is 0 Å². The zero-order valence-electron chi connectivity index (χ0n) is 16.2. The van der Waals surface area contributed by atoms with Crippen molar-refractivity contribution >= 4 is 38.3 Å². The molecule has 0 aliphatic heterocycles. The highest BCUT2D eigenvalue weighted by molar-refractivity contribution is 9.10. The van der Waals surface area contributed by atoms with Crippen LogP contribution in [-0.4, -0.2) is 17.5 Å². The van der Waals surface area contributed by atoms with Crippen molar-refractivity contribution in [3.8, 4) is 17.0 Å². The maximum atomic E-state index is 12.2. The predicted octanol–water partition coefficient (Wildman–Crippen LogP) is 6.16. The highest BCUT2D eigenvalue weighted by Crippen LogP contribution is 2.29. The summed E-state index contributed by atoms with van der Waals surface area (Å²) in [6, 6.07) is 12.2. The van der Waals surface area contributed by atoms with Gasteiger partial charge in [0, 0.05) is 10.9 Å². The lowest BCUT2D eigenvalue weighted by Crippen LogP contribution is -2.20. The van der Waals surface area contributed by atoms with E-state index in [0.29, 0.717) is 10.9 Å². The van der Waals surface area contributed by atoms with Crippen molar-refractivity contribution in [2.24, 2.45) is 0 Å². The number of hydrogen-bond acceptors (Lipinski definition) is 4. The third-order valence-electron chi connectivity index (χ3n) is 4.31. The van der Waals surface area contributed by atoms with Crippen molar-refractivity contribution in [3.63, 3.8) is 0 Å². The molecule has 4 nitrogen and oxygen atoms in total. The Morgan fingerprint density at radius 3 is 2.79 bits per heavy atom. The molecule has 0 aliphatic rings. The van der Waals surface area contributed by atoms with E-state index in [1.165, 1.54) is 22.5 Å². The van der Waals surface area contributed by atoms with Crippen LogP contribution in [0, 0.1) is 13.8 Å². The Hall–Kier alpha value is -2.18. The summed E-state index contributed by atoms with van der Waals surface area (Å²) in [5.74, 6) is 0.427. The number of nitrogens with one attached hydrogen (secondary N) is 1. The summed E-state index contributed by atoms with van der Waals surface area (Å²) < 4.78 is 6.51. The highest BCUT2D eigenvalue weighted by atomic mass is 79.9. The lowest BCUT2D eigenvalue weighted by molar-refractivity contribution is -0.118. The molecule has 0 spiro atoms. The van der Waals surface area contributed by atoms with Gasteiger partial charge < -0.3 is 4.74 Å². The molecule has 1 N–H and O–H groups in total. The molecule has 2 aromatic carbocycles. The van der Waals surface area contributed by atoms with E-state index in [9.17, 15) is 4.79 Å².